The Kier molecular flexibility index (Phi) is 4.36. The van der Waals surface area contributed by atoms with Crippen molar-refractivity contribution in [3.8, 4) is 0 Å². The lowest BCUT2D eigenvalue weighted by atomic mass is 9.90. The van der Waals surface area contributed by atoms with Crippen LogP contribution in [0, 0.1) is 11.8 Å². The summed E-state index contributed by atoms with van der Waals surface area (Å²) in [7, 11) is -3.32. The molecule has 3 nitrogen and oxygen atoms in total. The standard InChI is InChI=1S/C12H18ClNO2S2/c1-9-3-4-14(7-10(9)2)18(15,16)12-5-11(6-13)17-8-12/h5,8-10H,3-4,6-7H2,1-2H3. The van der Waals surface area contributed by atoms with E-state index in [9.17, 15) is 8.42 Å². The number of piperidine rings is 1. The lowest BCUT2D eigenvalue weighted by Crippen LogP contribution is -2.41. The summed E-state index contributed by atoms with van der Waals surface area (Å²) in [5, 5.41) is 1.69. The van der Waals surface area contributed by atoms with Gasteiger partial charge < -0.3 is 0 Å². The van der Waals surface area contributed by atoms with Gasteiger partial charge >= 0.3 is 0 Å². The van der Waals surface area contributed by atoms with Crippen molar-refractivity contribution in [1.82, 2.24) is 4.31 Å². The van der Waals surface area contributed by atoms with Gasteiger partial charge in [-0.15, -0.1) is 22.9 Å². The minimum atomic E-state index is -3.32. The Hall–Kier alpha value is -0.100. The molecular weight excluding hydrogens is 290 g/mol. The molecule has 0 spiro atoms. The molecule has 0 radical (unpaired) electrons. The van der Waals surface area contributed by atoms with Crippen LogP contribution in [0.2, 0.25) is 0 Å². The quantitative estimate of drug-likeness (QED) is 0.804. The van der Waals surface area contributed by atoms with Crippen molar-refractivity contribution in [3.63, 3.8) is 0 Å². The van der Waals surface area contributed by atoms with Crippen LogP contribution in [0.5, 0.6) is 0 Å². The third-order valence-electron chi connectivity index (χ3n) is 3.70. The van der Waals surface area contributed by atoms with Crippen LogP contribution in [0.3, 0.4) is 0 Å². The highest BCUT2D eigenvalue weighted by molar-refractivity contribution is 7.89. The Labute approximate surface area is 118 Å². The molecule has 2 heterocycles. The van der Waals surface area contributed by atoms with Crippen LogP contribution in [0.1, 0.15) is 25.1 Å². The SMILES string of the molecule is CC1CCN(S(=O)(=O)c2csc(CCl)c2)CC1C. The zero-order valence-electron chi connectivity index (χ0n) is 10.6. The van der Waals surface area contributed by atoms with Crippen LogP contribution in [-0.4, -0.2) is 25.8 Å². The summed E-state index contributed by atoms with van der Waals surface area (Å²) in [5.41, 5.74) is 0. The second-order valence-electron chi connectivity index (χ2n) is 4.99. The molecule has 6 heteroatoms. The number of hydrogen-bond donors (Lipinski definition) is 0. The van der Waals surface area contributed by atoms with E-state index in [1.165, 1.54) is 11.3 Å². The van der Waals surface area contributed by atoms with Gasteiger partial charge in [0.25, 0.3) is 0 Å². The van der Waals surface area contributed by atoms with Gasteiger partial charge in [-0.05, 0) is 24.3 Å². The van der Waals surface area contributed by atoms with Crippen molar-refractivity contribution >= 4 is 33.0 Å². The van der Waals surface area contributed by atoms with Crippen LogP contribution in [0.15, 0.2) is 16.3 Å². The fraction of sp³-hybridized carbons (Fsp3) is 0.667. The lowest BCUT2D eigenvalue weighted by molar-refractivity contribution is 0.212. The summed E-state index contributed by atoms with van der Waals surface area (Å²) in [6.45, 7) is 5.55. The van der Waals surface area contributed by atoms with E-state index in [-0.39, 0.29) is 0 Å². The molecule has 102 valence electrons. The number of rotatable bonds is 3. The molecule has 0 bridgehead atoms. The number of nitrogens with zero attached hydrogens (tertiary/aromatic N) is 1. The summed E-state index contributed by atoms with van der Waals surface area (Å²) in [5.74, 6) is 1.38. The second kappa shape index (κ2) is 5.49. The van der Waals surface area contributed by atoms with E-state index >= 15 is 0 Å². The van der Waals surface area contributed by atoms with Gasteiger partial charge in [0.1, 0.15) is 0 Å². The fourth-order valence-electron chi connectivity index (χ4n) is 2.16. The van der Waals surface area contributed by atoms with Crippen LogP contribution in [0.4, 0.5) is 0 Å². The monoisotopic (exact) mass is 307 g/mol. The molecule has 2 unspecified atom stereocenters. The predicted octanol–water partition coefficient (Wildman–Crippen LogP) is 3.15. The Morgan fingerprint density at radius 1 is 1.44 bits per heavy atom. The molecule has 0 aliphatic carbocycles. The van der Waals surface area contributed by atoms with E-state index in [0.29, 0.717) is 35.7 Å². The number of thiophene rings is 1. The number of sulfonamides is 1. The maximum Gasteiger partial charge on any atom is 0.243 e. The minimum Gasteiger partial charge on any atom is -0.207 e. The molecule has 1 aliphatic rings. The summed E-state index contributed by atoms with van der Waals surface area (Å²) < 4.78 is 26.5. The number of alkyl halides is 1. The molecule has 1 fully saturated rings. The van der Waals surface area contributed by atoms with Gasteiger partial charge in [-0.2, -0.15) is 4.31 Å². The van der Waals surface area contributed by atoms with Crippen molar-refractivity contribution in [3.05, 3.63) is 16.3 Å². The molecule has 0 saturated carbocycles. The topological polar surface area (TPSA) is 37.4 Å². The molecule has 2 atom stereocenters. The average Bonchev–Trinajstić information content (AvgIpc) is 2.81. The first kappa shape index (κ1) is 14.3. The van der Waals surface area contributed by atoms with Gasteiger partial charge in [0.05, 0.1) is 10.8 Å². The highest BCUT2D eigenvalue weighted by atomic mass is 35.5. The maximum absolute atomic E-state index is 12.5. The minimum absolute atomic E-state index is 0.369. The largest absolute Gasteiger partial charge is 0.243 e. The zero-order chi connectivity index (χ0) is 13.3. The van der Waals surface area contributed by atoms with Crippen molar-refractivity contribution in [1.29, 1.82) is 0 Å². The first-order chi connectivity index (χ1) is 8.45. The summed E-state index contributed by atoms with van der Waals surface area (Å²) in [4.78, 5) is 1.29. The molecule has 0 amide bonds. The van der Waals surface area contributed by atoms with Crippen molar-refractivity contribution < 1.29 is 8.42 Å². The van der Waals surface area contributed by atoms with Gasteiger partial charge in [0, 0.05) is 23.3 Å². The first-order valence-corrected chi connectivity index (χ1v) is 8.94. The van der Waals surface area contributed by atoms with Crippen molar-refractivity contribution in [2.75, 3.05) is 13.1 Å². The third kappa shape index (κ3) is 2.74. The summed E-state index contributed by atoms with van der Waals surface area (Å²) >= 11 is 7.12. The van der Waals surface area contributed by atoms with E-state index in [1.807, 2.05) is 0 Å². The van der Waals surface area contributed by atoms with E-state index in [4.69, 9.17) is 11.6 Å². The second-order valence-corrected chi connectivity index (χ2v) is 8.19. The molecule has 1 aromatic heterocycles. The molecule has 1 aromatic rings. The van der Waals surface area contributed by atoms with Crippen molar-refractivity contribution in [2.24, 2.45) is 11.8 Å². The Bertz CT molecular complexity index is 512. The Morgan fingerprint density at radius 3 is 2.72 bits per heavy atom. The van der Waals surface area contributed by atoms with Crippen molar-refractivity contribution in [2.45, 2.75) is 31.0 Å². The van der Waals surface area contributed by atoms with Crippen LogP contribution in [0.25, 0.3) is 0 Å². The zero-order valence-corrected chi connectivity index (χ0v) is 13.0. The fourth-order valence-corrected chi connectivity index (χ4v) is 5.09. The summed E-state index contributed by atoms with van der Waals surface area (Å²) in [6.07, 6.45) is 0.937. The summed E-state index contributed by atoms with van der Waals surface area (Å²) in [6, 6.07) is 1.69. The van der Waals surface area contributed by atoms with Gasteiger partial charge in [0.2, 0.25) is 10.0 Å². The molecular formula is C12H18ClNO2S2. The van der Waals surface area contributed by atoms with Crippen LogP contribution < -0.4 is 0 Å². The van der Waals surface area contributed by atoms with Crippen LogP contribution >= 0.6 is 22.9 Å². The number of hydrogen-bond acceptors (Lipinski definition) is 3. The van der Waals surface area contributed by atoms with Gasteiger partial charge in [-0.1, -0.05) is 13.8 Å². The maximum atomic E-state index is 12.5. The Balaban J connectivity index is 2.21. The van der Waals surface area contributed by atoms with Gasteiger partial charge in [0.15, 0.2) is 0 Å². The normalized spacial score (nSPS) is 26.4. The highest BCUT2D eigenvalue weighted by Crippen LogP contribution is 2.29. The van der Waals surface area contributed by atoms with Gasteiger partial charge in [-0.25, -0.2) is 8.42 Å². The molecule has 0 N–H and O–H groups in total. The number of halogens is 1. The highest BCUT2D eigenvalue weighted by Gasteiger charge is 2.32. The third-order valence-corrected chi connectivity index (χ3v) is 7.07. The van der Waals surface area contributed by atoms with Gasteiger partial charge in [-0.3, -0.25) is 0 Å². The average molecular weight is 308 g/mol. The van der Waals surface area contributed by atoms with E-state index in [2.05, 4.69) is 13.8 Å². The molecule has 1 saturated heterocycles. The predicted molar refractivity (Wildman–Crippen MR) is 75.6 cm³/mol. The smallest absolute Gasteiger partial charge is 0.207 e. The lowest BCUT2D eigenvalue weighted by Gasteiger charge is -2.34. The van der Waals surface area contributed by atoms with E-state index in [1.54, 1.807) is 15.8 Å². The van der Waals surface area contributed by atoms with E-state index in [0.717, 1.165) is 11.3 Å². The Morgan fingerprint density at radius 2 is 2.17 bits per heavy atom. The van der Waals surface area contributed by atoms with Crippen LogP contribution in [-0.2, 0) is 15.9 Å². The molecule has 0 aromatic carbocycles. The molecule has 18 heavy (non-hydrogen) atoms. The molecule has 2 rings (SSSR count). The van der Waals surface area contributed by atoms with E-state index < -0.39 is 10.0 Å². The molecule has 1 aliphatic heterocycles. The first-order valence-electron chi connectivity index (χ1n) is 6.08.